The van der Waals surface area contributed by atoms with Crippen LogP contribution < -0.4 is 0 Å². The van der Waals surface area contributed by atoms with Gasteiger partial charge in [-0.1, -0.05) is 24.3 Å². The van der Waals surface area contributed by atoms with E-state index in [9.17, 15) is 13.2 Å². The standard InChI is InChI=1S/C18H20F3N/c19-18(20,21)12-2-1-3-14-4-8-16(9-5-14)17-10-6-15(13-22)7-11-17/h1,3,6-7,10-11,14,16H,2,4-5,8-9,12H2/b3-1+. The third-order valence-electron chi connectivity index (χ3n) is 4.29. The van der Waals surface area contributed by atoms with Crippen molar-refractivity contribution in [3.05, 3.63) is 47.5 Å². The topological polar surface area (TPSA) is 23.8 Å². The number of benzene rings is 1. The highest BCUT2D eigenvalue weighted by Crippen LogP contribution is 2.36. The van der Waals surface area contributed by atoms with E-state index in [4.69, 9.17) is 5.26 Å². The molecule has 1 aromatic rings. The van der Waals surface area contributed by atoms with Gasteiger partial charge in [-0.05, 0) is 61.6 Å². The van der Waals surface area contributed by atoms with E-state index in [0.29, 0.717) is 17.4 Å². The Balaban J connectivity index is 1.78. The van der Waals surface area contributed by atoms with Gasteiger partial charge < -0.3 is 0 Å². The van der Waals surface area contributed by atoms with Crippen molar-refractivity contribution in [1.82, 2.24) is 0 Å². The number of halogens is 3. The first kappa shape index (κ1) is 16.6. The second kappa shape index (κ2) is 7.49. The second-order valence-corrected chi connectivity index (χ2v) is 5.93. The fourth-order valence-corrected chi connectivity index (χ4v) is 3.01. The van der Waals surface area contributed by atoms with Gasteiger partial charge in [-0.3, -0.25) is 0 Å². The Kier molecular flexibility index (Phi) is 5.65. The number of nitrogens with zero attached hydrogens (tertiary/aromatic N) is 1. The Morgan fingerprint density at radius 1 is 1.09 bits per heavy atom. The van der Waals surface area contributed by atoms with E-state index in [1.807, 2.05) is 30.3 Å². The van der Waals surface area contributed by atoms with E-state index in [1.54, 1.807) is 6.08 Å². The summed E-state index contributed by atoms with van der Waals surface area (Å²) in [5.41, 5.74) is 1.93. The van der Waals surface area contributed by atoms with E-state index in [-0.39, 0.29) is 6.42 Å². The summed E-state index contributed by atoms with van der Waals surface area (Å²) in [6, 6.07) is 9.84. The fraction of sp³-hybridized carbons (Fsp3) is 0.500. The molecule has 0 unspecified atom stereocenters. The van der Waals surface area contributed by atoms with Crippen LogP contribution in [-0.4, -0.2) is 6.18 Å². The maximum atomic E-state index is 12.1. The normalized spacial score (nSPS) is 22.6. The van der Waals surface area contributed by atoms with Crippen LogP contribution in [0.1, 0.15) is 55.6 Å². The van der Waals surface area contributed by atoms with Gasteiger partial charge in [-0.15, -0.1) is 0 Å². The van der Waals surface area contributed by atoms with Gasteiger partial charge in [0.2, 0.25) is 0 Å². The summed E-state index contributed by atoms with van der Waals surface area (Å²) in [5.74, 6) is 0.912. The average molecular weight is 307 g/mol. The van der Waals surface area contributed by atoms with Crippen molar-refractivity contribution in [3.63, 3.8) is 0 Å². The Morgan fingerprint density at radius 2 is 1.73 bits per heavy atom. The smallest absolute Gasteiger partial charge is 0.192 e. The molecule has 0 atom stereocenters. The van der Waals surface area contributed by atoms with Crippen molar-refractivity contribution in [2.45, 2.75) is 50.6 Å². The predicted octanol–water partition coefficient (Wildman–Crippen LogP) is 5.73. The Hall–Kier alpha value is -1.76. The van der Waals surface area contributed by atoms with E-state index in [2.05, 4.69) is 6.07 Å². The van der Waals surface area contributed by atoms with Crippen LogP contribution in [0.2, 0.25) is 0 Å². The molecule has 4 heteroatoms. The Labute approximate surface area is 129 Å². The maximum absolute atomic E-state index is 12.1. The highest BCUT2D eigenvalue weighted by molar-refractivity contribution is 5.33. The van der Waals surface area contributed by atoms with Gasteiger partial charge in [0.25, 0.3) is 0 Å². The van der Waals surface area contributed by atoms with Crippen LogP contribution in [0.25, 0.3) is 0 Å². The van der Waals surface area contributed by atoms with E-state index in [1.165, 1.54) is 5.56 Å². The zero-order valence-electron chi connectivity index (χ0n) is 12.4. The lowest BCUT2D eigenvalue weighted by molar-refractivity contribution is -0.133. The van der Waals surface area contributed by atoms with Crippen LogP contribution >= 0.6 is 0 Å². The molecule has 0 N–H and O–H groups in total. The molecule has 1 aromatic carbocycles. The molecule has 0 saturated heterocycles. The molecule has 1 aliphatic carbocycles. The molecule has 1 nitrogen and oxygen atoms in total. The van der Waals surface area contributed by atoms with Gasteiger partial charge in [-0.2, -0.15) is 18.4 Å². The zero-order chi connectivity index (χ0) is 16.0. The van der Waals surface area contributed by atoms with Crippen molar-refractivity contribution in [2.24, 2.45) is 5.92 Å². The number of nitriles is 1. The molecule has 0 amide bonds. The molecule has 0 spiro atoms. The van der Waals surface area contributed by atoms with Crippen molar-refractivity contribution in [2.75, 3.05) is 0 Å². The lowest BCUT2D eigenvalue weighted by Crippen LogP contribution is -2.12. The van der Waals surface area contributed by atoms with E-state index >= 15 is 0 Å². The minimum absolute atomic E-state index is 0.0824. The fourth-order valence-electron chi connectivity index (χ4n) is 3.01. The maximum Gasteiger partial charge on any atom is 0.389 e. The molecule has 1 aliphatic rings. The van der Waals surface area contributed by atoms with Crippen molar-refractivity contribution in [3.8, 4) is 6.07 Å². The summed E-state index contributed by atoms with van der Waals surface area (Å²) in [4.78, 5) is 0. The van der Waals surface area contributed by atoms with Gasteiger partial charge in [0, 0.05) is 6.42 Å². The first-order valence-electron chi connectivity index (χ1n) is 7.71. The van der Waals surface area contributed by atoms with Crippen LogP contribution in [0.3, 0.4) is 0 Å². The first-order chi connectivity index (χ1) is 10.5. The van der Waals surface area contributed by atoms with Crippen LogP contribution in [0, 0.1) is 17.2 Å². The van der Waals surface area contributed by atoms with Gasteiger partial charge >= 0.3 is 6.18 Å². The monoisotopic (exact) mass is 307 g/mol. The van der Waals surface area contributed by atoms with Crippen LogP contribution in [-0.2, 0) is 0 Å². The lowest BCUT2D eigenvalue weighted by Gasteiger charge is -2.27. The summed E-state index contributed by atoms with van der Waals surface area (Å²) in [7, 11) is 0. The highest BCUT2D eigenvalue weighted by Gasteiger charge is 2.25. The second-order valence-electron chi connectivity index (χ2n) is 5.93. The Morgan fingerprint density at radius 3 is 2.27 bits per heavy atom. The molecule has 0 aliphatic heterocycles. The molecular weight excluding hydrogens is 287 g/mol. The SMILES string of the molecule is N#Cc1ccc(C2CCC(/C=C/CCC(F)(F)F)CC2)cc1. The molecule has 0 aromatic heterocycles. The summed E-state index contributed by atoms with van der Waals surface area (Å²) < 4.78 is 36.2. The Bertz CT molecular complexity index is 529. The summed E-state index contributed by atoms with van der Waals surface area (Å²) in [5, 5.41) is 8.80. The molecule has 2 rings (SSSR count). The van der Waals surface area contributed by atoms with Gasteiger partial charge in [-0.25, -0.2) is 0 Å². The number of hydrogen-bond donors (Lipinski definition) is 0. The summed E-state index contributed by atoms with van der Waals surface area (Å²) in [6.45, 7) is 0. The van der Waals surface area contributed by atoms with Crippen LogP contribution in [0.15, 0.2) is 36.4 Å². The molecular formula is C18H20F3N. The van der Waals surface area contributed by atoms with Crippen molar-refractivity contribution in [1.29, 1.82) is 5.26 Å². The number of hydrogen-bond acceptors (Lipinski definition) is 1. The lowest BCUT2D eigenvalue weighted by atomic mass is 9.78. The van der Waals surface area contributed by atoms with Crippen molar-refractivity contribution >= 4 is 0 Å². The molecule has 1 saturated carbocycles. The summed E-state index contributed by atoms with van der Waals surface area (Å²) >= 11 is 0. The summed E-state index contributed by atoms with van der Waals surface area (Å²) in [6.07, 6.45) is 3.09. The van der Waals surface area contributed by atoms with Crippen LogP contribution in [0.5, 0.6) is 0 Å². The molecule has 22 heavy (non-hydrogen) atoms. The zero-order valence-corrected chi connectivity index (χ0v) is 12.4. The molecule has 118 valence electrons. The molecule has 0 heterocycles. The number of alkyl halides is 3. The third kappa shape index (κ3) is 5.22. The minimum atomic E-state index is -4.06. The molecule has 0 bridgehead atoms. The van der Waals surface area contributed by atoms with Crippen LogP contribution in [0.4, 0.5) is 13.2 Å². The third-order valence-corrected chi connectivity index (χ3v) is 4.29. The highest BCUT2D eigenvalue weighted by atomic mass is 19.4. The largest absolute Gasteiger partial charge is 0.389 e. The number of rotatable bonds is 4. The minimum Gasteiger partial charge on any atom is -0.192 e. The average Bonchev–Trinajstić information content (AvgIpc) is 2.51. The van der Waals surface area contributed by atoms with E-state index < -0.39 is 12.6 Å². The number of allylic oxidation sites excluding steroid dienone is 2. The quantitative estimate of drug-likeness (QED) is 0.652. The van der Waals surface area contributed by atoms with Gasteiger partial charge in [0.15, 0.2) is 0 Å². The molecule has 1 fully saturated rings. The van der Waals surface area contributed by atoms with Gasteiger partial charge in [0.05, 0.1) is 11.6 Å². The predicted molar refractivity (Wildman–Crippen MR) is 80.3 cm³/mol. The van der Waals surface area contributed by atoms with Crippen molar-refractivity contribution < 1.29 is 13.2 Å². The molecule has 0 radical (unpaired) electrons. The van der Waals surface area contributed by atoms with E-state index in [0.717, 1.165) is 25.7 Å². The first-order valence-corrected chi connectivity index (χ1v) is 7.71. The van der Waals surface area contributed by atoms with Gasteiger partial charge in [0.1, 0.15) is 0 Å².